The van der Waals surface area contributed by atoms with Gasteiger partial charge >= 0.3 is 12.0 Å². The lowest BCUT2D eigenvalue weighted by Gasteiger charge is -2.18. The van der Waals surface area contributed by atoms with Crippen molar-refractivity contribution < 1.29 is 14.7 Å². The van der Waals surface area contributed by atoms with Gasteiger partial charge < -0.3 is 15.7 Å². The summed E-state index contributed by atoms with van der Waals surface area (Å²) < 4.78 is 0.990. The molecule has 0 aliphatic heterocycles. The minimum atomic E-state index is -1.04. The number of nitrogens with one attached hydrogen (secondary N) is 2. The third-order valence-corrected chi connectivity index (χ3v) is 2.97. The van der Waals surface area contributed by atoms with Crippen LogP contribution in [0.4, 0.5) is 10.5 Å². The maximum Gasteiger partial charge on any atom is 0.326 e. The van der Waals surface area contributed by atoms with E-state index in [1.165, 1.54) is 0 Å². The summed E-state index contributed by atoms with van der Waals surface area (Å²) in [6, 6.07) is 5.84. The number of rotatable bonds is 4. The molecule has 5 nitrogen and oxygen atoms in total. The summed E-state index contributed by atoms with van der Waals surface area (Å²) >= 11 is 2.13. The molecule has 98 valence electrons. The van der Waals surface area contributed by atoms with Gasteiger partial charge in [0, 0.05) is 9.26 Å². The summed E-state index contributed by atoms with van der Waals surface area (Å²) in [5, 5.41) is 14.0. The van der Waals surface area contributed by atoms with Crippen LogP contribution in [0.1, 0.15) is 13.8 Å². The third-order valence-electron chi connectivity index (χ3n) is 2.30. The lowest BCUT2D eigenvalue weighted by molar-refractivity contribution is -0.140. The van der Waals surface area contributed by atoms with Gasteiger partial charge in [0.15, 0.2) is 0 Å². The van der Waals surface area contributed by atoms with Crippen LogP contribution in [0.3, 0.4) is 0 Å². The zero-order valence-corrected chi connectivity index (χ0v) is 12.3. The van der Waals surface area contributed by atoms with Crippen molar-refractivity contribution in [3.63, 3.8) is 0 Å². The van der Waals surface area contributed by atoms with Gasteiger partial charge in [-0.2, -0.15) is 0 Å². The Labute approximate surface area is 119 Å². The summed E-state index contributed by atoms with van der Waals surface area (Å²) in [5.74, 6) is -1.22. The summed E-state index contributed by atoms with van der Waals surface area (Å²) in [5.41, 5.74) is 0.632. The van der Waals surface area contributed by atoms with Crippen molar-refractivity contribution in [2.75, 3.05) is 5.32 Å². The molecule has 0 aliphatic rings. The van der Waals surface area contributed by atoms with Crippen LogP contribution in [0, 0.1) is 9.49 Å². The number of carbonyl (C=O) groups is 2. The number of hydrogen-bond donors (Lipinski definition) is 3. The molecular weight excluding hydrogens is 347 g/mol. The van der Waals surface area contributed by atoms with Crippen molar-refractivity contribution >= 4 is 40.3 Å². The standard InChI is InChI=1S/C12H15IN2O3/c1-7(2)10(11(16)17)15-12(18)14-9-5-3-4-8(13)6-9/h3-7,10H,1-2H3,(H,16,17)(H2,14,15,18)/t10-/m1/s1. The van der Waals surface area contributed by atoms with Crippen LogP contribution in [0.5, 0.6) is 0 Å². The summed E-state index contributed by atoms with van der Waals surface area (Å²) in [6.07, 6.45) is 0. The molecule has 0 saturated heterocycles. The first-order valence-corrected chi connectivity index (χ1v) is 6.54. The lowest BCUT2D eigenvalue weighted by atomic mass is 10.1. The zero-order chi connectivity index (χ0) is 13.7. The van der Waals surface area contributed by atoms with Crippen LogP contribution >= 0.6 is 22.6 Å². The van der Waals surface area contributed by atoms with Crippen LogP contribution < -0.4 is 10.6 Å². The second-order valence-electron chi connectivity index (χ2n) is 4.17. The molecule has 0 aliphatic carbocycles. The first-order valence-electron chi connectivity index (χ1n) is 5.46. The molecule has 1 aromatic rings. The fourth-order valence-corrected chi connectivity index (χ4v) is 1.93. The highest BCUT2D eigenvalue weighted by Crippen LogP contribution is 2.12. The van der Waals surface area contributed by atoms with Gasteiger partial charge in [-0.25, -0.2) is 9.59 Å². The molecule has 6 heteroatoms. The van der Waals surface area contributed by atoms with Gasteiger partial charge in [0.25, 0.3) is 0 Å². The number of amides is 2. The van der Waals surface area contributed by atoms with Crippen LogP contribution in [0.15, 0.2) is 24.3 Å². The molecule has 0 heterocycles. The summed E-state index contributed by atoms with van der Waals surface area (Å²) in [7, 11) is 0. The van der Waals surface area contributed by atoms with E-state index < -0.39 is 18.0 Å². The van der Waals surface area contributed by atoms with E-state index in [0.29, 0.717) is 5.69 Å². The van der Waals surface area contributed by atoms with Crippen LogP contribution in [0.25, 0.3) is 0 Å². The Kier molecular flexibility index (Phi) is 5.39. The third kappa shape index (κ3) is 4.52. The Bertz CT molecular complexity index is 449. The van der Waals surface area contributed by atoms with Gasteiger partial charge in [-0.1, -0.05) is 19.9 Å². The number of carboxylic acid groups (broad SMARTS) is 1. The van der Waals surface area contributed by atoms with Gasteiger partial charge in [-0.15, -0.1) is 0 Å². The van der Waals surface area contributed by atoms with Crippen molar-refractivity contribution in [1.82, 2.24) is 5.32 Å². The predicted octanol–water partition coefficient (Wildman–Crippen LogP) is 2.52. The van der Waals surface area contributed by atoms with Crippen molar-refractivity contribution in [1.29, 1.82) is 0 Å². The second kappa shape index (κ2) is 6.58. The molecule has 1 rings (SSSR count). The van der Waals surface area contributed by atoms with Crippen molar-refractivity contribution in [3.05, 3.63) is 27.8 Å². The van der Waals surface area contributed by atoms with Crippen LogP contribution in [0.2, 0.25) is 0 Å². The molecule has 0 aromatic heterocycles. The van der Waals surface area contributed by atoms with Crippen LogP contribution in [-0.2, 0) is 4.79 Å². The molecule has 1 aromatic carbocycles. The monoisotopic (exact) mass is 362 g/mol. The van der Waals surface area contributed by atoms with Gasteiger partial charge in [0.05, 0.1) is 0 Å². The Balaban J connectivity index is 2.63. The molecule has 0 unspecified atom stereocenters. The van der Waals surface area contributed by atoms with E-state index in [1.807, 2.05) is 12.1 Å². The summed E-state index contributed by atoms with van der Waals surface area (Å²) in [6.45, 7) is 3.48. The highest BCUT2D eigenvalue weighted by molar-refractivity contribution is 14.1. The van der Waals surface area contributed by atoms with E-state index >= 15 is 0 Å². The Morgan fingerprint density at radius 2 is 2.00 bits per heavy atom. The molecule has 2 amide bonds. The SMILES string of the molecule is CC(C)[C@@H](NC(=O)Nc1cccc(I)c1)C(=O)O. The van der Waals surface area contributed by atoms with Crippen molar-refractivity contribution in [2.24, 2.45) is 5.92 Å². The average molecular weight is 362 g/mol. The first kappa shape index (κ1) is 14.7. The molecule has 0 radical (unpaired) electrons. The summed E-state index contributed by atoms with van der Waals surface area (Å²) in [4.78, 5) is 22.6. The largest absolute Gasteiger partial charge is 0.480 e. The minimum Gasteiger partial charge on any atom is -0.480 e. The van der Waals surface area contributed by atoms with Crippen LogP contribution in [-0.4, -0.2) is 23.1 Å². The highest BCUT2D eigenvalue weighted by Gasteiger charge is 2.23. The zero-order valence-electron chi connectivity index (χ0n) is 10.1. The number of hydrogen-bond acceptors (Lipinski definition) is 2. The fraction of sp³-hybridized carbons (Fsp3) is 0.333. The molecule has 0 saturated carbocycles. The van der Waals surface area contributed by atoms with Gasteiger partial charge in [0.2, 0.25) is 0 Å². The number of aliphatic carboxylic acids is 1. The Hall–Kier alpha value is -1.31. The number of carboxylic acids is 1. The maximum absolute atomic E-state index is 11.7. The maximum atomic E-state index is 11.7. The number of urea groups is 1. The number of carbonyl (C=O) groups excluding carboxylic acids is 1. The van der Waals surface area contributed by atoms with Gasteiger partial charge in [0.1, 0.15) is 6.04 Å². The lowest BCUT2D eigenvalue weighted by Crippen LogP contribution is -2.46. The molecule has 0 bridgehead atoms. The second-order valence-corrected chi connectivity index (χ2v) is 5.41. The smallest absolute Gasteiger partial charge is 0.326 e. The topological polar surface area (TPSA) is 78.4 Å². The highest BCUT2D eigenvalue weighted by atomic mass is 127. The minimum absolute atomic E-state index is 0.177. The number of benzene rings is 1. The molecular formula is C12H15IN2O3. The van der Waals surface area contributed by atoms with Gasteiger partial charge in [-0.05, 0) is 46.7 Å². The molecule has 1 atom stereocenters. The fourth-order valence-electron chi connectivity index (χ4n) is 1.39. The average Bonchev–Trinajstić information content (AvgIpc) is 2.25. The van der Waals surface area contributed by atoms with E-state index in [-0.39, 0.29) is 5.92 Å². The Morgan fingerprint density at radius 3 is 2.50 bits per heavy atom. The molecule has 18 heavy (non-hydrogen) atoms. The predicted molar refractivity (Wildman–Crippen MR) is 77.6 cm³/mol. The quantitative estimate of drug-likeness (QED) is 0.721. The van der Waals surface area contributed by atoms with E-state index in [1.54, 1.807) is 26.0 Å². The van der Waals surface area contributed by atoms with Crippen molar-refractivity contribution in [2.45, 2.75) is 19.9 Å². The molecule has 0 fully saturated rings. The van der Waals surface area contributed by atoms with E-state index in [9.17, 15) is 9.59 Å². The van der Waals surface area contributed by atoms with E-state index in [2.05, 4.69) is 33.2 Å². The molecule has 0 spiro atoms. The van der Waals surface area contributed by atoms with E-state index in [0.717, 1.165) is 3.57 Å². The number of anilines is 1. The normalized spacial score (nSPS) is 12.0. The van der Waals surface area contributed by atoms with Gasteiger partial charge in [-0.3, -0.25) is 0 Å². The Morgan fingerprint density at radius 1 is 1.33 bits per heavy atom. The molecule has 3 N–H and O–H groups in total. The number of halogens is 1. The van der Waals surface area contributed by atoms with E-state index in [4.69, 9.17) is 5.11 Å². The van der Waals surface area contributed by atoms with Crippen molar-refractivity contribution in [3.8, 4) is 0 Å². The first-order chi connectivity index (χ1) is 8.40.